The predicted molar refractivity (Wildman–Crippen MR) is 56.2 cm³/mol. The predicted octanol–water partition coefficient (Wildman–Crippen LogP) is 1.60. The van der Waals surface area contributed by atoms with Crippen molar-refractivity contribution in [3.63, 3.8) is 0 Å². The molecule has 0 aliphatic rings. The zero-order valence-corrected chi connectivity index (χ0v) is 9.32. The van der Waals surface area contributed by atoms with Gasteiger partial charge in [0.1, 0.15) is 0 Å². The molecule has 0 saturated heterocycles. The van der Waals surface area contributed by atoms with Crippen molar-refractivity contribution < 1.29 is 9.63 Å². The summed E-state index contributed by atoms with van der Waals surface area (Å²) in [7, 11) is 0. The lowest BCUT2D eigenvalue weighted by molar-refractivity contribution is -0.262. The lowest BCUT2D eigenvalue weighted by Gasteiger charge is -2.30. The molecular weight excluding hydrogens is 180 g/mol. The van der Waals surface area contributed by atoms with Crippen LogP contribution in [0.2, 0.25) is 0 Å². The van der Waals surface area contributed by atoms with Crippen molar-refractivity contribution in [2.24, 2.45) is 0 Å². The number of hydrogen-bond acceptors (Lipinski definition) is 4. The molecular formula is C10H20N2O2. The molecule has 0 aromatic heterocycles. The first kappa shape index (κ1) is 13.1. The smallest absolute Gasteiger partial charge is 0.349 e. The summed E-state index contributed by atoms with van der Waals surface area (Å²) >= 11 is 0. The Labute approximate surface area is 86.1 Å². The number of carbonyl (C=O) groups is 1. The molecule has 0 radical (unpaired) electrons. The highest BCUT2D eigenvalue weighted by molar-refractivity contribution is 5.80. The first-order valence-electron chi connectivity index (χ1n) is 5.06. The van der Waals surface area contributed by atoms with Gasteiger partial charge in [-0.2, -0.15) is 0 Å². The monoisotopic (exact) mass is 200 g/mol. The van der Waals surface area contributed by atoms with Gasteiger partial charge < -0.3 is 4.84 Å². The van der Waals surface area contributed by atoms with E-state index in [1.165, 1.54) is 6.08 Å². The second kappa shape index (κ2) is 7.53. The van der Waals surface area contributed by atoms with Crippen molar-refractivity contribution in [1.82, 2.24) is 10.2 Å². The third-order valence-electron chi connectivity index (χ3n) is 1.82. The van der Waals surface area contributed by atoms with E-state index in [-0.39, 0.29) is 0 Å². The van der Waals surface area contributed by atoms with Gasteiger partial charge in [0.25, 0.3) is 0 Å². The number of hydroxylamine groups is 1. The molecule has 0 amide bonds. The SMILES string of the molecule is C=CC(=O)ON(CCC)N(CC)CC. The van der Waals surface area contributed by atoms with E-state index in [1.807, 2.05) is 25.8 Å². The summed E-state index contributed by atoms with van der Waals surface area (Å²) in [5, 5.41) is 3.56. The highest BCUT2D eigenvalue weighted by Gasteiger charge is 2.14. The third kappa shape index (κ3) is 4.39. The molecule has 0 aromatic carbocycles. The largest absolute Gasteiger partial charge is 0.350 e. The molecule has 0 aromatic rings. The van der Waals surface area contributed by atoms with Crippen molar-refractivity contribution in [3.8, 4) is 0 Å². The molecule has 14 heavy (non-hydrogen) atoms. The molecule has 0 unspecified atom stereocenters. The number of hydrazine groups is 1. The van der Waals surface area contributed by atoms with Gasteiger partial charge in [0.05, 0.1) is 6.54 Å². The third-order valence-corrected chi connectivity index (χ3v) is 1.82. The second-order valence-corrected chi connectivity index (χ2v) is 2.83. The lowest BCUT2D eigenvalue weighted by atomic mass is 10.5. The van der Waals surface area contributed by atoms with Crippen LogP contribution < -0.4 is 0 Å². The Kier molecular flexibility index (Phi) is 7.06. The Balaban J connectivity index is 4.24. The van der Waals surface area contributed by atoms with Crippen molar-refractivity contribution >= 4 is 5.97 Å². The van der Waals surface area contributed by atoms with Crippen LogP contribution in [-0.4, -0.2) is 35.8 Å². The van der Waals surface area contributed by atoms with E-state index in [4.69, 9.17) is 4.84 Å². The first-order chi connectivity index (χ1) is 6.69. The second-order valence-electron chi connectivity index (χ2n) is 2.83. The Morgan fingerprint density at radius 2 is 1.93 bits per heavy atom. The molecule has 0 rings (SSSR count). The Morgan fingerprint density at radius 1 is 1.36 bits per heavy atom. The molecule has 4 nitrogen and oxygen atoms in total. The maximum Gasteiger partial charge on any atom is 0.350 e. The summed E-state index contributed by atoms with van der Waals surface area (Å²) in [5.74, 6) is -0.412. The highest BCUT2D eigenvalue weighted by atomic mass is 16.7. The molecule has 0 fully saturated rings. The van der Waals surface area contributed by atoms with Gasteiger partial charge in [0.15, 0.2) is 0 Å². The minimum atomic E-state index is -0.412. The van der Waals surface area contributed by atoms with E-state index in [0.717, 1.165) is 19.5 Å². The van der Waals surface area contributed by atoms with Crippen LogP contribution in [-0.2, 0) is 9.63 Å². The van der Waals surface area contributed by atoms with Crippen LogP contribution >= 0.6 is 0 Å². The Morgan fingerprint density at radius 3 is 2.29 bits per heavy atom. The molecule has 0 saturated carbocycles. The fourth-order valence-corrected chi connectivity index (χ4v) is 1.12. The van der Waals surface area contributed by atoms with Gasteiger partial charge in [0, 0.05) is 19.2 Å². The van der Waals surface area contributed by atoms with E-state index in [1.54, 1.807) is 5.17 Å². The van der Waals surface area contributed by atoms with Crippen LogP contribution in [0.5, 0.6) is 0 Å². The number of hydrogen-bond donors (Lipinski definition) is 0. The summed E-state index contributed by atoms with van der Waals surface area (Å²) in [6.45, 7) is 11.8. The van der Waals surface area contributed by atoms with Crippen LogP contribution in [0.15, 0.2) is 12.7 Å². The Bertz CT molecular complexity index is 179. The molecule has 0 atom stereocenters. The quantitative estimate of drug-likeness (QED) is 0.461. The van der Waals surface area contributed by atoms with Gasteiger partial charge >= 0.3 is 5.97 Å². The maximum absolute atomic E-state index is 11.0. The van der Waals surface area contributed by atoms with E-state index in [2.05, 4.69) is 6.58 Å². The van der Waals surface area contributed by atoms with E-state index in [0.29, 0.717) is 6.54 Å². The van der Waals surface area contributed by atoms with Crippen LogP contribution in [0.1, 0.15) is 27.2 Å². The van der Waals surface area contributed by atoms with Gasteiger partial charge in [-0.15, -0.1) is 0 Å². The average Bonchev–Trinajstić information content (AvgIpc) is 2.19. The van der Waals surface area contributed by atoms with Gasteiger partial charge in [-0.25, -0.2) is 9.80 Å². The van der Waals surface area contributed by atoms with Crippen LogP contribution in [0.3, 0.4) is 0 Å². The molecule has 0 bridgehead atoms. The van der Waals surface area contributed by atoms with Crippen molar-refractivity contribution in [2.75, 3.05) is 19.6 Å². The number of carbonyl (C=O) groups excluding carboxylic acids is 1. The zero-order chi connectivity index (χ0) is 11.0. The standard InChI is InChI=1S/C10H20N2O2/c1-5-9-12(11(7-3)8-4)14-10(13)6-2/h6H,2,5,7-9H2,1,3-4H3. The summed E-state index contributed by atoms with van der Waals surface area (Å²) in [4.78, 5) is 16.1. The van der Waals surface area contributed by atoms with E-state index in [9.17, 15) is 4.79 Å². The van der Waals surface area contributed by atoms with E-state index < -0.39 is 5.97 Å². The number of nitrogens with zero attached hydrogens (tertiary/aromatic N) is 2. The summed E-state index contributed by atoms with van der Waals surface area (Å²) in [6, 6.07) is 0. The van der Waals surface area contributed by atoms with Crippen LogP contribution in [0, 0.1) is 0 Å². The average molecular weight is 200 g/mol. The molecule has 4 heteroatoms. The lowest BCUT2D eigenvalue weighted by Crippen LogP contribution is -2.43. The number of rotatable bonds is 7. The maximum atomic E-state index is 11.0. The fourth-order valence-electron chi connectivity index (χ4n) is 1.12. The molecule has 0 N–H and O–H groups in total. The minimum Gasteiger partial charge on any atom is -0.349 e. The topological polar surface area (TPSA) is 32.8 Å². The normalized spacial score (nSPS) is 10.6. The molecule has 0 aliphatic heterocycles. The Hall–Kier alpha value is -0.870. The van der Waals surface area contributed by atoms with Crippen molar-refractivity contribution in [2.45, 2.75) is 27.2 Å². The summed E-state index contributed by atoms with van der Waals surface area (Å²) in [5.41, 5.74) is 0. The van der Waals surface area contributed by atoms with Crippen LogP contribution in [0.25, 0.3) is 0 Å². The molecule has 0 heterocycles. The van der Waals surface area contributed by atoms with Crippen LogP contribution in [0.4, 0.5) is 0 Å². The minimum absolute atomic E-state index is 0.412. The molecule has 0 spiro atoms. The highest BCUT2D eigenvalue weighted by Crippen LogP contribution is 2.01. The molecule has 0 aliphatic carbocycles. The van der Waals surface area contributed by atoms with Crippen molar-refractivity contribution in [3.05, 3.63) is 12.7 Å². The van der Waals surface area contributed by atoms with E-state index >= 15 is 0 Å². The summed E-state index contributed by atoms with van der Waals surface area (Å²) in [6.07, 6.45) is 2.10. The fraction of sp³-hybridized carbons (Fsp3) is 0.700. The van der Waals surface area contributed by atoms with Gasteiger partial charge in [-0.3, -0.25) is 0 Å². The zero-order valence-electron chi connectivity index (χ0n) is 9.32. The summed E-state index contributed by atoms with van der Waals surface area (Å²) < 4.78 is 0. The molecule has 82 valence electrons. The van der Waals surface area contributed by atoms with Gasteiger partial charge in [0.2, 0.25) is 0 Å². The van der Waals surface area contributed by atoms with Gasteiger partial charge in [-0.1, -0.05) is 32.5 Å². The van der Waals surface area contributed by atoms with Crippen molar-refractivity contribution in [1.29, 1.82) is 0 Å². The first-order valence-corrected chi connectivity index (χ1v) is 5.06. The van der Waals surface area contributed by atoms with Gasteiger partial charge in [-0.05, 0) is 6.42 Å².